The lowest BCUT2D eigenvalue weighted by molar-refractivity contribution is 0.531. The van der Waals surface area contributed by atoms with Crippen molar-refractivity contribution in [2.24, 2.45) is 13.0 Å². The molecule has 0 spiro atoms. The van der Waals surface area contributed by atoms with Gasteiger partial charge in [0.2, 0.25) is 0 Å². The number of nitrogens with one attached hydrogen (secondary N) is 1. The molecule has 5 nitrogen and oxygen atoms in total. The summed E-state index contributed by atoms with van der Waals surface area (Å²) in [7, 11) is 1.87. The molecule has 0 atom stereocenters. The highest BCUT2D eigenvalue weighted by atomic mass is 32.2. The summed E-state index contributed by atoms with van der Waals surface area (Å²) in [4.78, 5) is 16.6. The summed E-state index contributed by atoms with van der Waals surface area (Å²) in [5, 5.41) is 4.54. The quantitative estimate of drug-likeness (QED) is 0.744. The zero-order valence-corrected chi connectivity index (χ0v) is 16.1. The van der Waals surface area contributed by atoms with Gasteiger partial charge in [0.05, 0.1) is 5.69 Å². The SMILES string of the molecule is CC(C)CSc1c(CNCc2ccncc2)n(C)c(=O)n1C(C)C. The number of hydrogen-bond donors (Lipinski definition) is 1. The van der Waals surface area contributed by atoms with Crippen LogP contribution in [0.2, 0.25) is 0 Å². The summed E-state index contributed by atoms with van der Waals surface area (Å²) in [5.41, 5.74) is 2.32. The van der Waals surface area contributed by atoms with Gasteiger partial charge in [0.15, 0.2) is 0 Å². The molecule has 2 rings (SSSR count). The van der Waals surface area contributed by atoms with Crippen molar-refractivity contribution in [1.29, 1.82) is 0 Å². The third-order valence-electron chi connectivity index (χ3n) is 3.80. The number of hydrogen-bond acceptors (Lipinski definition) is 4. The van der Waals surface area contributed by atoms with Crippen LogP contribution in [0.15, 0.2) is 34.3 Å². The van der Waals surface area contributed by atoms with Gasteiger partial charge < -0.3 is 5.32 Å². The minimum absolute atomic E-state index is 0.0666. The smallest absolute Gasteiger partial charge is 0.307 e. The Labute approximate surface area is 148 Å². The fourth-order valence-corrected chi connectivity index (χ4v) is 3.82. The first-order valence-electron chi connectivity index (χ1n) is 8.44. The third kappa shape index (κ3) is 4.51. The maximum absolute atomic E-state index is 12.6. The van der Waals surface area contributed by atoms with Gasteiger partial charge in [-0.1, -0.05) is 13.8 Å². The summed E-state index contributed by atoms with van der Waals surface area (Å²) >= 11 is 1.78. The molecule has 0 saturated carbocycles. The molecule has 2 heterocycles. The van der Waals surface area contributed by atoms with Crippen molar-refractivity contribution < 1.29 is 0 Å². The van der Waals surface area contributed by atoms with Crippen LogP contribution in [0.4, 0.5) is 0 Å². The van der Waals surface area contributed by atoms with E-state index in [2.05, 4.69) is 38.0 Å². The monoisotopic (exact) mass is 348 g/mol. The molecular formula is C18H28N4OS. The molecule has 2 aromatic rings. The van der Waals surface area contributed by atoms with Crippen LogP contribution in [0.1, 0.15) is 45.0 Å². The molecule has 0 amide bonds. The van der Waals surface area contributed by atoms with Gasteiger partial charge in [0.1, 0.15) is 5.03 Å². The molecule has 0 saturated heterocycles. The largest absolute Gasteiger partial charge is 0.329 e. The third-order valence-corrected chi connectivity index (χ3v) is 5.34. The van der Waals surface area contributed by atoms with Gasteiger partial charge in [0, 0.05) is 44.3 Å². The number of thioether (sulfide) groups is 1. The maximum Gasteiger partial charge on any atom is 0.329 e. The first-order valence-corrected chi connectivity index (χ1v) is 9.42. The van der Waals surface area contributed by atoms with Gasteiger partial charge in [-0.3, -0.25) is 14.1 Å². The lowest BCUT2D eigenvalue weighted by Crippen LogP contribution is -2.25. The first-order chi connectivity index (χ1) is 11.4. The van der Waals surface area contributed by atoms with E-state index in [0.29, 0.717) is 12.5 Å². The van der Waals surface area contributed by atoms with Gasteiger partial charge in [-0.25, -0.2) is 4.79 Å². The normalized spacial score (nSPS) is 11.6. The van der Waals surface area contributed by atoms with Crippen molar-refractivity contribution in [3.05, 3.63) is 46.3 Å². The van der Waals surface area contributed by atoms with E-state index in [0.717, 1.165) is 23.0 Å². The van der Waals surface area contributed by atoms with Crippen LogP contribution in [0.25, 0.3) is 0 Å². The molecule has 2 aromatic heterocycles. The highest BCUT2D eigenvalue weighted by molar-refractivity contribution is 7.99. The second-order valence-corrected chi connectivity index (χ2v) is 7.73. The van der Waals surface area contributed by atoms with E-state index in [1.807, 2.05) is 23.7 Å². The summed E-state index contributed by atoms with van der Waals surface area (Å²) in [6.07, 6.45) is 3.60. The lowest BCUT2D eigenvalue weighted by Gasteiger charge is -2.13. The lowest BCUT2D eigenvalue weighted by atomic mass is 10.2. The Morgan fingerprint density at radius 2 is 1.83 bits per heavy atom. The number of pyridine rings is 1. The Bertz CT molecular complexity index is 704. The maximum atomic E-state index is 12.6. The Morgan fingerprint density at radius 1 is 1.17 bits per heavy atom. The van der Waals surface area contributed by atoms with Crippen molar-refractivity contribution in [3.63, 3.8) is 0 Å². The van der Waals surface area contributed by atoms with E-state index >= 15 is 0 Å². The van der Waals surface area contributed by atoms with Gasteiger partial charge in [0.25, 0.3) is 0 Å². The van der Waals surface area contributed by atoms with Crippen molar-refractivity contribution in [2.45, 2.75) is 51.9 Å². The van der Waals surface area contributed by atoms with E-state index in [4.69, 9.17) is 0 Å². The molecule has 24 heavy (non-hydrogen) atoms. The molecular weight excluding hydrogens is 320 g/mol. The number of aromatic nitrogens is 3. The highest BCUT2D eigenvalue weighted by Gasteiger charge is 2.20. The van der Waals surface area contributed by atoms with Crippen molar-refractivity contribution in [3.8, 4) is 0 Å². The molecule has 0 aliphatic carbocycles. The molecule has 0 bridgehead atoms. The molecule has 6 heteroatoms. The van der Waals surface area contributed by atoms with E-state index in [1.54, 1.807) is 28.7 Å². The van der Waals surface area contributed by atoms with E-state index in [-0.39, 0.29) is 11.7 Å². The van der Waals surface area contributed by atoms with Gasteiger partial charge in [-0.2, -0.15) is 0 Å². The molecule has 0 radical (unpaired) electrons. The Morgan fingerprint density at radius 3 is 2.42 bits per heavy atom. The van der Waals surface area contributed by atoms with Crippen LogP contribution in [-0.4, -0.2) is 19.9 Å². The van der Waals surface area contributed by atoms with Crippen LogP contribution in [0.3, 0.4) is 0 Å². The average molecular weight is 349 g/mol. The minimum Gasteiger partial charge on any atom is -0.307 e. The van der Waals surface area contributed by atoms with E-state index < -0.39 is 0 Å². The molecule has 1 N–H and O–H groups in total. The fraction of sp³-hybridized carbons (Fsp3) is 0.556. The predicted octanol–water partition coefficient (Wildman–Crippen LogP) is 3.20. The topological polar surface area (TPSA) is 51.9 Å². The molecule has 0 aliphatic rings. The Balaban J connectivity index is 2.20. The first kappa shape index (κ1) is 18.8. The second kappa shape index (κ2) is 8.53. The van der Waals surface area contributed by atoms with E-state index in [9.17, 15) is 4.79 Å². The summed E-state index contributed by atoms with van der Waals surface area (Å²) in [6.45, 7) is 9.97. The molecule has 0 fully saturated rings. The highest BCUT2D eigenvalue weighted by Crippen LogP contribution is 2.26. The van der Waals surface area contributed by atoms with Crippen LogP contribution in [0, 0.1) is 5.92 Å². The standard InChI is InChI=1S/C18H28N4OS/c1-13(2)12-24-17-16(21(5)18(23)22(17)14(3)4)11-20-10-15-6-8-19-9-7-15/h6-9,13-14,20H,10-12H2,1-5H3. The second-order valence-electron chi connectivity index (χ2n) is 6.72. The average Bonchev–Trinajstić information content (AvgIpc) is 2.78. The Hall–Kier alpha value is -1.53. The predicted molar refractivity (Wildman–Crippen MR) is 100 cm³/mol. The van der Waals surface area contributed by atoms with Gasteiger partial charge in [-0.15, -0.1) is 11.8 Å². The van der Waals surface area contributed by atoms with Gasteiger partial charge in [-0.05, 0) is 37.5 Å². The van der Waals surface area contributed by atoms with Crippen molar-refractivity contribution in [1.82, 2.24) is 19.4 Å². The molecule has 132 valence electrons. The summed E-state index contributed by atoms with van der Waals surface area (Å²) in [5.74, 6) is 1.59. The molecule has 0 aliphatic heterocycles. The van der Waals surface area contributed by atoms with Crippen LogP contribution in [0.5, 0.6) is 0 Å². The Kier molecular flexibility index (Phi) is 6.69. The zero-order valence-electron chi connectivity index (χ0n) is 15.2. The van der Waals surface area contributed by atoms with Crippen LogP contribution < -0.4 is 11.0 Å². The number of imidazole rings is 1. The van der Waals surface area contributed by atoms with Crippen LogP contribution in [-0.2, 0) is 20.1 Å². The number of nitrogens with zero attached hydrogens (tertiary/aromatic N) is 3. The number of rotatable bonds is 8. The zero-order chi connectivity index (χ0) is 17.7. The van der Waals surface area contributed by atoms with Gasteiger partial charge >= 0.3 is 5.69 Å². The minimum atomic E-state index is 0.0666. The fourth-order valence-electron chi connectivity index (χ4n) is 2.52. The van der Waals surface area contributed by atoms with Crippen LogP contribution >= 0.6 is 11.8 Å². The molecule has 0 unspecified atom stereocenters. The van der Waals surface area contributed by atoms with Crippen molar-refractivity contribution >= 4 is 11.8 Å². The van der Waals surface area contributed by atoms with E-state index in [1.165, 1.54) is 5.56 Å². The summed E-state index contributed by atoms with van der Waals surface area (Å²) < 4.78 is 3.69. The summed E-state index contributed by atoms with van der Waals surface area (Å²) in [6, 6.07) is 4.16. The van der Waals surface area contributed by atoms with Crippen molar-refractivity contribution in [2.75, 3.05) is 5.75 Å². The molecule has 0 aromatic carbocycles.